The third kappa shape index (κ3) is 2.17. The van der Waals surface area contributed by atoms with Gasteiger partial charge in [-0.1, -0.05) is 34.1 Å². The highest BCUT2D eigenvalue weighted by molar-refractivity contribution is 9.09. The second-order valence-corrected chi connectivity index (χ2v) is 5.53. The number of aromatic nitrogens is 1. The molecule has 2 aromatic rings. The van der Waals surface area contributed by atoms with Crippen LogP contribution in [0.4, 0.5) is 0 Å². The van der Waals surface area contributed by atoms with E-state index in [0.29, 0.717) is 18.9 Å². The molecule has 1 fully saturated rings. The Labute approximate surface area is 114 Å². The molecule has 2 heterocycles. The van der Waals surface area contributed by atoms with Crippen LogP contribution in [0.25, 0.3) is 10.9 Å². The fraction of sp³-hybridized carbons (Fsp3) is 0.357. The minimum Gasteiger partial charge on any atom is -0.357 e. The molecule has 1 aromatic carbocycles. The maximum atomic E-state index is 11.9. The van der Waals surface area contributed by atoms with Gasteiger partial charge < -0.3 is 9.88 Å². The van der Waals surface area contributed by atoms with Crippen molar-refractivity contribution >= 4 is 32.7 Å². The maximum absolute atomic E-state index is 11.9. The van der Waals surface area contributed by atoms with Crippen LogP contribution in [0.15, 0.2) is 30.3 Å². The Morgan fingerprint density at radius 2 is 2.22 bits per heavy atom. The molecular formula is C14H15BrN2O. The van der Waals surface area contributed by atoms with Crippen molar-refractivity contribution < 1.29 is 4.79 Å². The van der Waals surface area contributed by atoms with E-state index in [1.807, 2.05) is 17.0 Å². The Kier molecular flexibility index (Phi) is 3.12. The van der Waals surface area contributed by atoms with Crippen LogP contribution in [0.2, 0.25) is 0 Å². The first-order chi connectivity index (χ1) is 8.76. The van der Waals surface area contributed by atoms with E-state index in [0.717, 1.165) is 23.1 Å². The first-order valence-corrected chi connectivity index (χ1v) is 7.29. The van der Waals surface area contributed by atoms with Gasteiger partial charge in [-0.05, 0) is 23.4 Å². The number of benzene rings is 1. The van der Waals surface area contributed by atoms with Crippen molar-refractivity contribution in [2.75, 3.05) is 11.9 Å². The van der Waals surface area contributed by atoms with Gasteiger partial charge in [0.1, 0.15) is 0 Å². The van der Waals surface area contributed by atoms with E-state index in [4.69, 9.17) is 0 Å². The van der Waals surface area contributed by atoms with E-state index in [-0.39, 0.29) is 5.91 Å². The molecule has 1 unspecified atom stereocenters. The predicted molar refractivity (Wildman–Crippen MR) is 75.6 cm³/mol. The number of hydrogen-bond donors (Lipinski definition) is 1. The Bertz CT molecular complexity index is 545. The largest absolute Gasteiger partial charge is 0.357 e. The highest BCUT2D eigenvalue weighted by atomic mass is 79.9. The van der Waals surface area contributed by atoms with Crippen LogP contribution in [0.3, 0.4) is 0 Å². The zero-order valence-electron chi connectivity index (χ0n) is 10.0. The number of nitrogens with one attached hydrogen (secondary N) is 1. The van der Waals surface area contributed by atoms with Crippen molar-refractivity contribution in [2.24, 2.45) is 5.92 Å². The second kappa shape index (κ2) is 4.76. The molecule has 1 amide bonds. The van der Waals surface area contributed by atoms with Crippen LogP contribution in [0.1, 0.15) is 12.1 Å². The van der Waals surface area contributed by atoms with Crippen molar-refractivity contribution in [3.05, 3.63) is 36.0 Å². The Hall–Kier alpha value is -1.29. The summed E-state index contributed by atoms with van der Waals surface area (Å²) in [4.78, 5) is 17.2. The minimum absolute atomic E-state index is 0.262. The first kappa shape index (κ1) is 11.8. The van der Waals surface area contributed by atoms with Gasteiger partial charge in [-0.3, -0.25) is 4.79 Å². The Morgan fingerprint density at radius 1 is 1.39 bits per heavy atom. The zero-order valence-corrected chi connectivity index (χ0v) is 11.6. The average molecular weight is 307 g/mol. The van der Waals surface area contributed by atoms with Gasteiger partial charge in [-0.25, -0.2) is 0 Å². The van der Waals surface area contributed by atoms with Crippen LogP contribution < -0.4 is 0 Å². The fourth-order valence-electron chi connectivity index (χ4n) is 2.53. The molecule has 3 rings (SSSR count). The number of likely N-dealkylation sites (tertiary alicyclic amines) is 1. The second-order valence-electron chi connectivity index (χ2n) is 4.88. The number of fused-ring (bicyclic) bond motifs is 1. The Balaban J connectivity index is 1.78. The summed E-state index contributed by atoms with van der Waals surface area (Å²) in [5, 5.41) is 2.11. The van der Waals surface area contributed by atoms with Crippen LogP contribution >= 0.6 is 15.9 Å². The van der Waals surface area contributed by atoms with E-state index in [1.54, 1.807) is 0 Å². The van der Waals surface area contributed by atoms with Gasteiger partial charge in [0.2, 0.25) is 5.91 Å². The molecule has 18 heavy (non-hydrogen) atoms. The number of carbonyl (C=O) groups excluding carboxylic acids is 1. The van der Waals surface area contributed by atoms with Crippen LogP contribution in [0.5, 0.6) is 0 Å². The number of hydrogen-bond acceptors (Lipinski definition) is 1. The molecule has 3 nitrogen and oxygen atoms in total. The number of carbonyl (C=O) groups is 1. The van der Waals surface area contributed by atoms with E-state index >= 15 is 0 Å². The van der Waals surface area contributed by atoms with Crippen molar-refractivity contribution in [2.45, 2.75) is 13.0 Å². The summed E-state index contributed by atoms with van der Waals surface area (Å²) in [5.74, 6) is 0.722. The molecule has 94 valence electrons. The lowest BCUT2D eigenvalue weighted by Crippen LogP contribution is -2.24. The predicted octanol–water partition coefficient (Wildman–Crippen LogP) is 2.91. The minimum atomic E-state index is 0.262. The highest BCUT2D eigenvalue weighted by Gasteiger charge is 2.28. The molecule has 1 aliphatic heterocycles. The number of nitrogens with zero attached hydrogens (tertiary/aromatic N) is 1. The standard InChI is InChI=1S/C14H15BrN2O/c15-7-10-5-14(18)17(8-10)9-12-6-11-3-1-2-4-13(11)16-12/h1-4,6,10,16H,5,7-9H2. The van der Waals surface area contributed by atoms with E-state index in [2.05, 4.69) is 39.1 Å². The highest BCUT2D eigenvalue weighted by Crippen LogP contribution is 2.23. The van der Waals surface area contributed by atoms with E-state index in [9.17, 15) is 4.79 Å². The van der Waals surface area contributed by atoms with Gasteiger partial charge in [0.15, 0.2) is 0 Å². The molecule has 0 bridgehead atoms. The number of amides is 1. The molecule has 1 atom stereocenters. The van der Waals surface area contributed by atoms with Crippen molar-refractivity contribution in [3.63, 3.8) is 0 Å². The SMILES string of the molecule is O=C1CC(CBr)CN1Cc1cc2ccccc2[nH]1. The van der Waals surface area contributed by atoms with Gasteiger partial charge in [-0.2, -0.15) is 0 Å². The number of rotatable bonds is 3. The lowest BCUT2D eigenvalue weighted by molar-refractivity contribution is -0.128. The third-order valence-electron chi connectivity index (χ3n) is 3.46. The first-order valence-electron chi connectivity index (χ1n) is 6.16. The van der Waals surface area contributed by atoms with Gasteiger partial charge >= 0.3 is 0 Å². The van der Waals surface area contributed by atoms with Gasteiger partial charge in [0.05, 0.1) is 6.54 Å². The fourth-order valence-corrected chi connectivity index (χ4v) is 2.97. The number of alkyl halides is 1. The number of aromatic amines is 1. The molecule has 1 aliphatic rings. The summed E-state index contributed by atoms with van der Waals surface area (Å²) in [6.45, 7) is 1.55. The number of H-pyrrole nitrogens is 1. The molecule has 1 saturated heterocycles. The molecule has 0 aliphatic carbocycles. The number of halogens is 1. The summed E-state index contributed by atoms with van der Waals surface area (Å²) in [6, 6.07) is 10.3. The van der Waals surface area contributed by atoms with Crippen molar-refractivity contribution in [3.8, 4) is 0 Å². The lowest BCUT2D eigenvalue weighted by atomic mass is 10.2. The van der Waals surface area contributed by atoms with E-state index < -0.39 is 0 Å². The van der Waals surface area contributed by atoms with Crippen LogP contribution in [-0.4, -0.2) is 27.7 Å². The lowest BCUT2D eigenvalue weighted by Gasteiger charge is -2.14. The summed E-state index contributed by atoms with van der Waals surface area (Å²) < 4.78 is 0. The molecule has 1 N–H and O–H groups in total. The topological polar surface area (TPSA) is 36.1 Å². The van der Waals surface area contributed by atoms with E-state index in [1.165, 1.54) is 5.39 Å². The van der Waals surface area contributed by atoms with Gasteiger partial charge in [0, 0.05) is 29.5 Å². The molecule has 0 radical (unpaired) electrons. The van der Waals surface area contributed by atoms with Gasteiger partial charge in [-0.15, -0.1) is 0 Å². The van der Waals surface area contributed by atoms with Crippen LogP contribution in [-0.2, 0) is 11.3 Å². The molecule has 0 spiro atoms. The quantitative estimate of drug-likeness (QED) is 0.870. The smallest absolute Gasteiger partial charge is 0.223 e. The summed E-state index contributed by atoms with van der Waals surface area (Å²) >= 11 is 3.46. The monoisotopic (exact) mass is 306 g/mol. The van der Waals surface area contributed by atoms with Crippen LogP contribution in [0, 0.1) is 5.92 Å². The maximum Gasteiger partial charge on any atom is 0.223 e. The third-order valence-corrected chi connectivity index (χ3v) is 4.38. The summed E-state index contributed by atoms with van der Waals surface area (Å²) in [5.41, 5.74) is 2.25. The molecule has 1 aromatic heterocycles. The summed E-state index contributed by atoms with van der Waals surface area (Å²) in [6.07, 6.45) is 0.672. The van der Waals surface area contributed by atoms with Gasteiger partial charge in [0.25, 0.3) is 0 Å². The number of para-hydroxylation sites is 1. The Morgan fingerprint density at radius 3 is 2.94 bits per heavy atom. The van der Waals surface area contributed by atoms with Crippen molar-refractivity contribution in [1.82, 2.24) is 9.88 Å². The van der Waals surface area contributed by atoms with Crippen molar-refractivity contribution in [1.29, 1.82) is 0 Å². The average Bonchev–Trinajstić information content (AvgIpc) is 2.93. The normalized spacial score (nSPS) is 19.9. The zero-order chi connectivity index (χ0) is 12.5. The molecular weight excluding hydrogens is 292 g/mol. The molecule has 0 saturated carbocycles. The summed E-state index contributed by atoms with van der Waals surface area (Å²) in [7, 11) is 0. The molecule has 4 heteroatoms.